The van der Waals surface area contributed by atoms with E-state index >= 15 is 0 Å². The fourth-order valence-corrected chi connectivity index (χ4v) is 2.45. The Balaban J connectivity index is 1.41. The zero-order valence-electron chi connectivity index (χ0n) is 11.3. The maximum Gasteiger partial charge on any atom is 0.271 e. The van der Waals surface area contributed by atoms with E-state index in [0.717, 1.165) is 18.5 Å². The van der Waals surface area contributed by atoms with Crippen molar-refractivity contribution in [2.45, 2.75) is 25.2 Å². The number of carbonyl (C=O) groups excluding carboxylic acids is 2. The second-order valence-corrected chi connectivity index (χ2v) is 5.77. The highest BCUT2D eigenvalue weighted by Gasteiger charge is 2.26. The molecule has 0 saturated heterocycles. The summed E-state index contributed by atoms with van der Waals surface area (Å²) in [5, 5.41) is 14.6. The first-order chi connectivity index (χ1) is 10.2. The van der Waals surface area contributed by atoms with E-state index in [-0.39, 0.29) is 24.8 Å². The molecule has 1 aliphatic carbocycles. The second kappa shape index (κ2) is 6.04. The minimum absolute atomic E-state index is 0.175. The van der Waals surface area contributed by atoms with Crippen molar-refractivity contribution in [3.63, 3.8) is 0 Å². The van der Waals surface area contributed by atoms with Crippen molar-refractivity contribution in [1.82, 2.24) is 20.5 Å². The molecule has 0 aromatic carbocycles. The van der Waals surface area contributed by atoms with Crippen molar-refractivity contribution in [2.75, 3.05) is 11.9 Å². The van der Waals surface area contributed by atoms with Crippen LogP contribution in [0.4, 0.5) is 5.13 Å². The Kier molecular flexibility index (Phi) is 3.96. The van der Waals surface area contributed by atoms with Crippen LogP contribution in [0.3, 0.4) is 0 Å². The molecule has 2 heterocycles. The van der Waals surface area contributed by atoms with E-state index in [1.807, 2.05) is 0 Å². The van der Waals surface area contributed by atoms with Gasteiger partial charge in [0.15, 0.2) is 5.13 Å². The van der Waals surface area contributed by atoms with Crippen LogP contribution in [-0.4, -0.2) is 33.5 Å². The second-order valence-electron chi connectivity index (χ2n) is 4.87. The summed E-state index contributed by atoms with van der Waals surface area (Å²) in [7, 11) is 0. The zero-order valence-corrected chi connectivity index (χ0v) is 12.1. The minimum atomic E-state index is -0.264. The maximum absolute atomic E-state index is 11.9. The Morgan fingerprint density at radius 1 is 1.43 bits per heavy atom. The molecule has 110 valence electrons. The van der Waals surface area contributed by atoms with Gasteiger partial charge in [-0.05, 0) is 18.9 Å². The molecule has 0 radical (unpaired) electrons. The summed E-state index contributed by atoms with van der Waals surface area (Å²) in [6.07, 6.45) is 4.13. The quantitative estimate of drug-likeness (QED) is 0.753. The molecule has 1 aliphatic rings. The lowest BCUT2D eigenvalue weighted by atomic mass is 10.2. The minimum Gasteiger partial charge on any atom is -0.350 e. The summed E-state index contributed by atoms with van der Waals surface area (Å²) >= 11 is 1.35. The first-order valence-corrected chi connectivity index (χ1v) is 7.63. The van der Waals surface area contributed by atoms with Crippen LogP contribution in [0.2, 0.25) is 0 Å². The van der Waals surface area contributed by atoms with Gasteiger partial charge in [0.05, 0.1) is 0 Å². The van der Waals surface area contributed by atoms with E-state index in [1.54, 1.807) is 17.6 Å². The number of aromatic amines is 1. The molecule has 1 fully saturated rings. The summed E-state index contributed by atoms with van der Waals surface area (Å²) < 4.78 is 0. The predicted molar refractivity (Wildman–Crippen MR) is 78.3 cm³/mol. The van der Waals surface area contributed by atoms with Gasteiger partial charge >= 0.3 is 0 Å². The lowest BCUT2D eigenvalue weighted by Gasteiger charge is -2.03. The summed E-state index contributed by atoms with van der Waals surface area (Å²) in [6, 6.07) is 1.78. The molecule has 2 amide bonds. The Labute approximate surface area is 125 Å². The SMILES string of the molecule is O=C(CCNC(=O)c1cc(C2CC2)[nH]n1)Nc1nccs1. The third-order valence-corrected chi connectivity index (χ3v) is 3.85. The smallest absolute Gasteiger partial charge is 0.271 e. The molecule has 1 saturated carbocycles. The molecular weight excluding hydrogens is 290 g/mol. The third kappa shape index (κ3) is 3.66. The van der Waals surface area contributed by atoms with Gasteiger partial charge < -0.3 is 10.6 Å². The number of nitrogens with one attached hydrogen (secondary N) is 3. The van der Waals surface area contributed by atoms with Gasteiger partial charge in [0.25, 0.3) is 5.91 Å². The van der Waals surface area contributed by atoms with E-state index in [2.05, 4.69) is 25.8 Å². The first kappa shape index (κ1) is 13.7. The number of thiazole rings is 1. The zero-order chi connectivity index (χ0) is 14.7. The van der Waals surface area contributed by atoms with Crippen molar-refractivity contribution < 1.29 is 9.59 Å². The monoisotopic (exact) mass is 305 g/mol. The standard InChI is InChI=1S/C13H15N5O2S/c19-11(16-13-15-5-6-21-13)3-4-14-12(20)10-7-9(17-18-10)8-1-2-8/h5-8H,1-4H2,(H,14,20)(H,17,18)(H,15,16,19). The summed E-state index contributed by atoms with van der Waals surface area (Å²) in [4.78, 5) is 27.4. The van der Waals surface area contributed by atoms with Crippen LogP contribution in [-0.2, 0) is 4.79 Å². The molecule has 7 nitrogen and oxygen atoms in total. The van der Waals surface area contributed by atoms with Crippen molar-refractivity contribution >= 4 is 28.3 Å². The van der Waals surface area contributed by atoms with E-state index < -0.39 is 0 Å². The number of nitrogens with zero attached hydrogens (tertiary/aromatic N) is 2. The highest BCUT2D eigenvalue weighted by molar-refractivity contribution is 7.13. The molecule has 21 heavy (non-hydrogen) atoms. The van der Waals surface area contributed by atoms with Crippen molar-refractivity contribution in [3.8, 4) is 0 Å². The van der Waals surface area contributed by atoms with Crippen LogP contribution in [0.1, 0.15) is 41.4 Å². The number of amides is 2. The number of hydrogen-bond acceptors (Lipinski definition) is 5. The van der Waals surface area contributed by atoms with Crippen molar-refractivity contribution in [2.24, 2.45) is 0 Å². The number of anilines is 1. The Hall–Kier alpha value is -2.22. The van der Waals surface area contributed by atoms with Crippen LogP contribution in [0.15, 0.2) is 17.6 Å². The number of aromatic nitrogens is 3. The van der Waals surface area contributed by atoms with Crippen molar-refractivity contribution in [3.05, 3.63) is 29.0 Å². The van der Waals surface area contributed by atoms with Gasteiger partial charge in [-0.25, -0.2) is 4.98 Å². The molecule has 0 unspecified atom stereocenters. The molecule has 0 bridgehead atoms. The third-order valence-electron chi connectivity index (χ3n) is 3.16. The van der Waals surface area contributed by atoms with Gasteiger partial charge in [-0.15, -0.1) is 11.3 Å². The Morgan fingerprint density at radius 3 is 3.00 bits per heavy atom. The molecular formula is C13H15N5O2S. The van der Waals surface area contributed by atoms with Crippen LogP contribution >= 0.6 is 11.3 Å². The van der Waals surface area contributed by atoms with Gasteiger partial charge in [-0.2, -0.15) is 5.10 Å². The molecule has 8 heteroatoms. The molecule has 0 aliphatic heterocycles. The van der Waals surface area contributed by atoms with Crippen molar-refractivity contribution in [1.29, 1.82) is 0 Å². The Morgan fingerprint density at radius 2 is 2.29 bits per heavy atom. The lowest BCUT2D eigenvalue weighted by Crippen LogP contribution is -2.27. The topological polar surface area (TPSA) is 99.8 Å². The normalized spacial score (nSPS) is 13.9. The summed E-state index contributed by atoms with van der Waals surface area (Å²) in [6.45, 7) is 0.266. The highest BCUT2D eigenvalue weighted by Crippen LogP contribution is 2.38. The van der Waals surface area contributed by atoms with E-state index in [1.165, 1.54) is 11.3 Å². The van der Waals surface area contributed by atoms with Gasteiger partial charge in [-0.1, -0.05) is 0 Å². The van der Waals surface area contributed by atoms with Gasteiger partial charge in [0.1, 0.15) is 5.69 Å². The fourth-order valence-electron chi connectivity index (χ4n) is 1.90. The van der Waals surface area contributed by atoms with E-state index in [9.17, 15) is 9.59 Å². The van der Waals surface area contributed by atoms with Crippen LogP contribution < -0.4 is 10.6 Å². The van der Waals surface area contributed by atoms with E-state index in [4.69, 9.17) is 0 Å². The molecule has 0 atom stereocenters. The van der Waals surface area contributed by atoms with Crippen LogP contribution in [0, 0.1) is 0 Å². The molecule has 0 spiro atoms. The molecule has 3 N–H and O–H groups in total. The maximum atomic E-state index is 11.9. The van der Waals surface area contributed by atoms with Gasteiger partial charge in [-0.3, -0.25) is 14.7 Å². The average Bonchev–Trinajstić information content (AvgIpc) is 2.99. The number of H-pyrrole nitrogens is 1. The van der Waals surface area contributed by atoms with Crippen LogP contribution in [0.5, 0.6) is 0 Å². The molecule has 2 aromatic heterocycles. The van der Waals surface area contributed by atoms with Gasteiger partial charge in [0, 0.05) is 36.2 Å². The summed E-state index contributed by atoms with van der Waals surface area (Å²) in [5.74, 6) is 0.0919. The number of hydrogen-bond donors (Lipinski definition) is 3. The van der Waals surface area contributed by atoms with Crippen LogP contribution in [0.25, 0.3) is 0 Å². The number of rotatable bonds is 6. The van der Waals surface area contributed by atoms with E-state index in [0.29, 0.717) is 16.7 Å². The lowest BCUT2D eigenvalue weighted by molar-refractivity contribution is -0.116. The predicted octanol–water partition coefficient (Wildman–Crippen LogP) is 1.50. The first-order valence-electron chi connectivity index (χ1n) is 6.75. The number of carbonyl (C=O) groups is 2. The molecule has 2 aromatic rings. The highest BCUT2D eigenvalue weighted by atomic mass is 32.1. The average molecular weight is 305 g/mol. The summed E-state index contributed by atoms with van der Waals surface area (Å²) in [5.41, 5.74) is 1.39. The fraction of sp³-hybridized carbons (Fsp3) is 0.385. The molecule has 3 rings (SSSR count). The Bertz CT molecular complexity index is 633. The largest absolute Gasteiger partial charge is 0.350 e. The van der Waals surface area contributed by atoms with Gasteiger partial charge in [0.2, 0.25) is 5.91 Å².